The monoisotopic (exact) mass is 612 g/mol. The van der Waals surface area contributed by atoms with Crippen LogP contribution in [0.2, 0.25) is 0 Å². The van der Waals surface area contributed by atoms with Crippen molar-refractivity contribution in [2.24, 2.45) is 34.5 Å². The Bertz CT molecular complexity index is 1120. The van der Waals surface area contributed by atoms with E-state index in [4.69, 9.17) is 30.5 Å². The molecule has 4 aliphatic carbocycles. The van der Waals surface area contributed by atoms with Crippen molar-refractivity contribution in [1.29, 1.82) is 0 Å². The third-order valence-electron chi connectivity index (χ3n) is 12.5. The molecular formula is C31H45ClO10. The highest BCUT2D eigenvalue weighted by Gasteiger charge is 2.72. The zero-order valence-corrected chi connectivity index (χ0v) is 25.4. The lowest BCUT2D eigenvalue weighted by Crippen LogP contribution is -2.67. The highest BCUT2D eigenvalue weighted by molar-refractivity contribution is 6.26. The Kier molecular flexibility index (Phi) is 8.02. The van der Waals surface area contributed by atoms with Crippen LogP contribution < -0.4 is 0 Å². The Morgan fingerprint density at radius 2 is 1.81 bits per heavy atom. The van der Waals surface area contributed by atoms with E-state index in [9.17, 15) is 30.0 Å². The number of hydrogen-bond donors (Lipinski definition) is 4. The van der Waals surface area contributed by atoms with Crippen LogP contribution in [0.25, 0.3) is 0 Å². The predicted molar refractivity (Wildman–Crippen MR) is 149 cm³/mol. The van der Waals surface area contributed by atoms with Crippen LogP contribution >= 0.6 is 11.6 Å². The largest absolute Gasteiger partial charge is 0.461 e. The summed E-state index contributed by atoms with van der Waals surface area (Å²) >= 11 is 5.90. The molecule has 0 aromatic rings. The smallest absolute Gasteiger partial charge is 0.331 e. The molecule has 0 spiro atoms. The minimum Gasteiger partial charge on any atom is -0.461 e. The molecule has 0 aromatic heterocycles. The van der Waals surface area contributed by atoms with Gasteiger partial charge in [0.2, 0.25) is 0 Å². The Hall–Kier alpha value is -1.27. The number of carbonyl (C=O) groups is 2. The average molecular weight is 613 g/mol. The van der Waals surface area contributed by atoms with Gasteiger partial charge in [0.25, 0.3) is 0 Å². The lowest BCUT2D eigenvalue weighted by atomic mass is 9.42. The van der Waals surface area contributed by atoms with E-state index in [1.54, 1.807) is 13.0 Å². The zero-order chi connectivity index (χ0) is 30.2. The summed E-state index contributed by atoms with van der Waals surface area (Å²) in [4.78, 5) is 24.6. The third-order valence-corrected chi connectivity index (χ3v) is 12.7. The van der Waals surface area contributed by atoms with Gasteiger partial charge in [-0.15, -0.1) is 11.6 Å². The molecule has 14 unspecified atom stereocenters. The van der Waals surface area contributed by atoms with E-state index < -0.39 is 53.8 Å². The summed E-state index contributed by atoms with van der Waals surface area (Å²) in [7, 11) is 0. The standard InChI is InChI=1S/C31H45ClO10/c1-15-25(35)26(36)27(37)28(40-15)41-18-6-8-29(2)17(11-18)4-5-20-21(29)12-22(42-24(34)13-32)30(3)19(7-9-31(20,30)38)16-10-23(33)39-14-16/h10,15,17-22,25-28,35-38H,4-9,11-14H2,1-3H3. The fraction of sp³-hybridized carbons (Fsp3) is 0.871. The average Bonchev–Trinajstić information content (AvgIpc) is 3.51. The molecule has 0 aromatic carbocycles. The summed E-state index contributed by atoms with van der Waals surface area (Å²) in [5, 5.41) is 43.5. The van der Waals surface area contributed by atoms with Crippen LogP contribution in [0, 0.1) is 34.5 Å². The van der Waals surface area contributed by atoms with Crippen LogP contribution in [-0.4, -0.2) is 93.4 Å². The van der Waals surface area contributed by atoms with Gasteiger partial charge in [-0.3, -0.25) is 4.79 Å². The van der Waals surface area contributed by atoms with Gasteiger partial charge < -0.3 is 39.4 Å². The number of cyclic esters (lactones) is 1. The first kappa shape index (κ1) is 30.7. The fourth-order valence-corrected chi connectivity index (χ4v) is 10.2. The Balaban J connectivity index is 1.24. The molecule has 0 amide bonds. The van der Waals surface area contributed by atoms with Crippen molar-refractivity contribution < 1.29 is 49.0 Å². The number of rotatable bonds is 5. The minimum atomic E-state index is -1.34. The van der Waals surface area contributed by atoms with Crippen molar-refractivity contribution in [3.63, 3.8) is 0 Å². The number of aliphatic hydroxyl groups excluding tert-OH is 3. The molecule has 2 heterocycles. The summed E-state index contributed by atoms with van der Waals surface area (Å²) < 4.78 is 23.3. The lowest BCUT2D eigenvalue weighted by molar-refractivity contribution is -0.311. The van der Waals surface area contributed by atoms with Gasteiger partial charge in [-0.05, 0) is 93.0 Å². The number of alkyl halides is 1. The second-order valence-corrected chi connectivity index (χ2v) is 14.4. The van der Waals surface area contributed by atoms with Crippen molar-refractivity contribution in [2.45, 2.75) is 121 Å². The number of aliphatic hydroxyl groups is 4. The maximum Gasteiger partial charge on any atom is 0.331 e. The highest BCUT2D eigenvalue weighted by atomic mass is 35.5. The molecule has 42 heavy (non-hydrogen) atoms. The molecule has 6 aliphatic rings. The number of esters is 2. The van der Waals surface area contributed by atoms with Crippen LogP contribution in [-0.2, 0) is 28.5 Å². The van der Waals surface area contributed by atoms with Gasteiger partial charge in [0, 0.05) is 11.5 Å². The van der Waals surface area contributed by atoms with Crippen LogP contribution in [0.15, 0.2) is 11.6 Å². The van der Waals surface area contributed by atoms with Crippen molar-refractivity contribution in [1.82, 2.24) is 0 Å². The van der Waals surface area contributed by atoms with E-state index in [1.807, 2.05) is 6.92 Å². The molecular weight excluding hydrogens is 568 g/mol. The van der Waals surface area contributed by atoms with Crippen molar-refractivity contribution in [3.8, 4) is 0 Å². The number of carbonyl (C=O) groups excluding carboxylic acids is 2. The van der Waals surface area contributed by atoms with E-state index in [0.717, 1.165) is 31.3 Å². The second-order valence-electron chi connectivity index (χ2n) is 14.2. The molecule has 4 saturated carbocycles. The molecule has 236 valence electrons. The Morgan fingerprint density at radius 3 is 2.50 bits per heavy atom. The molecule has 4 N–H and O–H groups in total. The normalized spacial score (nSPS) is 52.0. The molecule has 10 nitrogen and oxygen atoms in total. The van der Waals surface area contributed by atoms with Crippen LogP contribution in [0.5, 0.6) is 0 Å². The number of hydrogen-bond acceptors (Lipinski definition) is 10. The van der Waals surface area contributed by atoms with Gasteiger partial charge in [-0.25, -0.2) is 4.79 Å². The van der Waals surface area contributed by atoms with Gasteiger partial charge in [-0.1, -0.05) is 13.8 Å². The van der Waals surface area contributed by atoms with E-state index in [0.29, 0.717) is 25.7 Å². The molecule has 6 rings (SSSR count). The molecule has 5 fully saturated rings. The van der Waals surface area contributed by atoms with E-state index in [1.165, 1.54) is 0 Å². The van der Waals surface area contributed by atoms with E-state index >= 15 is 0 Å². The first-order valence-corrected chi connectivity index (χ1v) is 16.1. The molecule has 2 aliphatic heterocycles. The van der Waals surface area contributed by atoms with Crippen LogP contribution in [0.4, 0.5) is 0 Å². The fourth-order valence-electron chi connectivity index (χ4n) is 10.1. The maximum atomic E-state index is 12.7. The first-order valence-electron chi connectivity index (χ1n) is 15.5. The third kappa shape index (κ3) is 4.58. The topological polar surface area (TPSA) is 152 Å². The summed E-state index contributed by atoms with van der Waals surface area (Å²) in [6.45, 7) is 6.17. The number of ether oxygens (including phenoxy) is 4. The summed E-state index contributed by atoms with van der Waals surface area (Å²) in [5.41, 5.74) is -1.14. The van der Waals surface area contributed by atoms with E-state index in [2.05, 4.69) is 6.92 Å². The summed E-state index contributed by atoms with van der Waals surface area (Å²) in [5.74, 6) is -0.899. The number of fused-ring (bicyclic) bond motifs is 5. The molecule has 1 saturated heterocycles. The molecule has 14 atom stereocenters. The van der Waals surface area contributed by atoms with Gasteiger partial charge >= 0.3 is 11.9 Å². The predicted octanol–water partition coefficient (Wildman–Crippen LogP) is 2.22. The quantitative estimate of drug-likeness (QED) is 0.207. The zero-order valence-electron chi connectivity index (χ0n) is 24.6. The first-order chi connectivity index (χ1) is 19.8. The lowest BCUT2D eigenvalue weighted by Gasteiger charge is -2.65. The second kappa shape index (κ2) is 11.0. The molecule has 0 radical (unpaired) electrons. The molecule has 11 heteroatoms. The van der Waals surface area contributed by atoms with E-state index in [-0.39, 0.29) is 53.6 Å². The SMILES string of the molecule is CC1OC(OC2CCC3(C)C(CCC4C3CC(OC(=O)CCl)C3(C)C(C5=CC(=O)OC5)CCC43O)C2)C(O)C(O)C1O. The number of halogens is 1. The minimum absolute atomic E-state index is 0.0109. The van der Waals surface area contributed by atoms with Gasteiger partial charge in [-0.2, -0.15) is 0 Å². The van der Waals surface area contributed by atoms with Gasteiger partial charge in [0.1, 0.15) is 36.9 Å². The Morgan fingerprint density at radius 1 is 1.05 bits per heavy atom. The van der Waals surface area contributed by atoms with Crippen molar-refractivity contribution in [2.75, 3.05) is 12.5 Å². The molecule has 0 bridgehead atoms. The van der Waals surface area contributed by atoms with Gasteiger partial charge in [0.05, 0.1) is 17.8 Å². The van der Waals surface area contributed by atoms with Gasteiger partial charge in [0.15, 0.2) is 6.29 Å². The summed E-state index contributed by atoms with van der Waals surface area (Å²) in [6.07, 6.45) is 1.13. The highest BCUT2D eigenvalue weighted by Crippen LogP contribution is 2.70. The maximum absolute atomic E-state index is 12.7. The van der Waals surface area contributed by atoms with Crippen molar-refractivity contribution in [3.05, 3.63) is 11.6 Å². The van der Waals surface area contributed by atoms with Crippen molar-refractivity contribution >= 4 is 23.5 Å². The Labute approximate surface area is 251 Å². The summed E-state index contributed by atoms with van der Waals surface area (Å²) in [6, 6.07) is 0. The van der Waals surface area contributed by atoms with Crippen LogP contribution in [0.1, 0.15) is 72.1 Å². The van der Waals surface area contributed by atoms with Crippen LogP contribution in [0.3, 0.4) is 0 Å².